The normalized spacial score (nSPS) is 27.0. The minimum atomic E-state index is 0.0691. The van der Waals surface area contributed by atoms with Crippen LogP contribution in [-0.2, 0) is 4.79 Å². The second-order valence-electron chi connectivity index (χ2n) is 5.41. The Kier molecular flexibility index (Phi) is 6.86. The number of likely N-dealkylation sites (N-methyl/N-ethyl adjacent to an activating group) is 2. The Morgan fingerprint density at radius 1 is 1.37 bits per heavy atom. The lowest BCUT2D eigenvalue weighted by Gasteiger charge is -2.39. The van der Waals surface area contributed by atoms with E-state index in [1.54, 1.807) is 0 Å². The Labute approximate surface area is 117 Å². The standard InChI is InChI=1S/C15H27N3O/c1-4-12-7-8-13(10-16)14(9-12)18(6-3)11-15(19)17-5-2/h12-14H,4-9,11H2,1-3H3,(H,17,19). The van der Waals surface area contributed by atoms with Crippen LogP contribution in [0.15, 0.2) is 0 Å². The molecule has 1 rings (SSSR count). The Morgan fingerprint density at radius 2 is 2.11 bits per heavy atom. The number of nitriles is 1. The number of carbonyl (C=O) groups excluding carboxylic acids is 1. The van der Waals surface area contributed by atoms with Gasteiger partial charge in [-0.15, -0.1) is 0 Å². The van der Waals surface area contributed by atoms with Crippen molar-refractivity contribution < 1.29 is 4.79 Å². The predicted molar refractivity (Wildman–Crippen MR) is 76.5 cm³/mol. The fourth-order valence-electron chi connectivity index (χ4n) is 3.06. The van der Waals surface area contributed by atoms with Crippen molar-refractivity contribution in [1.29, 1.82) is 5.26 Å². The number of rotatable bonds is 6. The van der Waals surface area contributed by atoms with Crippen LogP contribution < -0.4 is 5.32 Å². The van der Waals surface area contributed by atoms with Crippen LogP contribution in [0.2, 0.25) is 0 Å². The second-order valence-corrected chi connectivity index (χ2v) is 5.41. The van der Waals surface area contributed by atoms with E-state index in [1.165, 1.54) is 6.42 Å². The molecule has 0 bridgehead atoms. The van der Waals surface area contributed by atoms with Gasteiger partial charge in [0.1, 0.15) is 0 Å². The summed E-state index contributed by atoms with van der Waals surface area (Å²) in [6.45, 7) is 8.14. The van der Waals surface area contributed by atoms with Gasteiger partial charge in [0.05, 0.1) is 18.5 Å². The van der Waals surface area contributed by atoms with Crippen LogP contribution in [0.4, 0.5) is 0 Å². The maximum Gasteiger partial charge on any atom is 0.234 e. The summed E-state index contributed by atoms with van der Waals surface area (Å²) in [5.74, 6) is 0.856. The topological polar surface area (TPSA) is 56.1 Å². The molecule has 1 saturated carbocycles. The molecule has 4 heteroatoms. The van der Waals surface area contributed by atoms with E-state index in [9.17, 15) is 10.1 Å². The highest BCUT2D eigenvalue weighted by Gasteiger charge is 2.33. The van der Waals surface area contributed by atoms with Gasteiger partial charge in [-0.1, -0.05) is 20.3 Å². The van der Waals surface area contributed by atoms with E-state index in [1.807, 2.05) is 6.92 Å². The summed E-state index contributed by atoms with van der Waals surface area (Å²) in [5, 5.41) is 12.2. The third-order valence-corrected chi connectivity index (χ3v) is 4.26. The monoisotopic (exact) mass is 265 g/mol. The van der Waals surface area contributed by atoms with Crippen molar-refractivity contribution >= 4 is 5.91 Å². The summed E-state index contributed by atoms with van der Waals surface area (Å²) in [7, 11) is 0. The minimum Gasteiger partial charge on any atom is -0.355 e. The minimum absolute atomic E-state index is 0.0691. The van der Waals surface area contributed by atoms with Crippen LogP contribution in [0.1, 0.15) is 46.5 Å². The molecule has 0 aromatic heterocycles. The number of hydrogen-bond acceptors (Lipinski definition) is 3. The first-order valence-electron chi connectivity index (χ1n) is 7.56. The number of hydrogen-bond donors (Lipinski definition) is 1. The van der Waals surface area contributed by atoms with Crippen LogP contribution in [0.3, 0.4) is 0 Å². The Morgan fingerprint density at radius 3 is 2.63 bits per heavy atom. The lowest BCUT2D eigenvalue weighted by molar-refractivity contribution is -0.123. The molecule has 19 heavy (non-hydrogen) atoms. The average Bonchev–Trinajstić information content (AvgIpc) is 2.44. The van der Waals surface area contributed by atoms with Gasteiger partial charge in [0.15, 0.2) is 0 Å². The number of carbonyl (C=O) groups is 1. The number of nitrogens with one attached hydrogen (secondary N) is 1. The molecule has 1 N–H and O–H groups in total. The Balaban J connectivity index is 2.69. The van der Waals surface area contributed by atoms with Crippen LogP contribution in [0, 0.1) is 23.2 Å². The maximum absolute atomic E-state index is 11.8. The maximum atomic E-state index is 11.8. The zero-order chi connectivity index (χ0) is 14.3. The van der Waals surface area contributed by atoms with Crippen LogP contribution in [0.5, 0.6) is 0 Å². The van der Waals surface area contributed by atoms with Crippen molar-refractivity contribution in [1.82, 2.24) is 10.2 Å². The molecule has 0 aliphatic heterocycles. The third kappa shape index (κ3) is 4.50. The van der Waals surface area contributed by atoms with E-state index < -0.39 is 0 Å². The summed E-state index contributed by atoms with van der Waals surface area (Å²) < 4.78 is 0. The first kappa shape index (κ1) is 16.0. The quantitative estimate of drug-likeness (QED) is 0.800. The molecule has 1 aliphatic rings. The van der Waals surface area contributed by atoms with Crippen LogP contribution in [0.25, 0.3) is 0 Å². The molecule has 1 fully saturated rings. The smallest absolute Gasteiger partial charge is 0.234 e. The fourth-order valence-corrected chi connectivity index (χ4v) is 3.06. The summed E-state index contributed by atoms with van der Waals surface area (Å²) in [6.07, 6.45) is 4.37. The molecule has 1 aliphatic carbocycles. The van der Waals surface area contributed by atoms with Crippen LogP contribution >= 0.6 is 0 Å². The number of nitrogens with zero attached hydrogens (tertiary/aromatic N) is 2. The summed E-state index contributed by atoms with van der Waals surface area (Å²) in [5.41, 5.74) is 0. The highest BCUT2D eigenvalue weighted by Crippen LogP contribution is 2.33. The molecule has 0 radical (unpaired) electrons. The molecular formula is C15H27N3O. The van der Waals surface area contributed by atoms with Crippen molar-refractivity contribution in [2.75, 3.05) is 19.6 Å². The van der Waals surface area contributed by atoms with Gasteiger partial charge in [0, 0.05) is 12.6 Å². The largest absolute Gasteiger partial charge is 0.355 e. The molecule has 108 valence electrons. The van der Waals surface area contributed by atoms with E-state index in [0.717, 1.165) is 25.8 Å². The summed E-state index contributed by atoms with van der Waals surface area (Å²) >= 11 is 0. The summed E-state index contributed by atoms with van der Waals surface area (Å²) in [6, 6.07) is 2.69. The van der Waals surface area contributed by atoms with Crippen molar-refractivity contribution in [3.05, 3.63) is 0 Å². The van der Waals surface area contributed by atoms with Gasteiger partial charge in [0.25, 0.3) is 0 Å². The number of amides is 1. The predicted octanol–water partition coefficient (Wildman–Crippen LogP) is 2.16. The van der Waals surface area contributed by atoms with Gasteiger partial charge in [-0.25, -0.2) is 0 Å². The van der Waals surface area contributed by atoms with Crippen molar-refractivity contribution in [2.24, 2.45) is 11.8 Å². The molecule has 1 amide bonds. The van der Waals surface area contributed by atoms with Gasteiger partial charge in [0.2, 0.25) is 5.91 Å². The van der Waals surface area contributed by atoms with Gasteiger partial charge < -0.3 is 5.32 Å². The van der Waals surface area contributed by atoms with Crippen LogP contribution in [-0.4, -0.2) is 36.5 Å². The Hall–Kier alpha value is -1.08. The molecule has 0 aromatic carbocycles. The van der Waals surface area contributed by atoms with E-state index in [2.05, 4.69) is 30.1 Å². The Bertz CT molecular complexity index is 324. The SMILES string of the molecule is CCNC(=O)CN(CC)C1CC(CC)CCC1C#N. The first-order chi connectivity index (χ1) is 9.15. The van der Waals surface area contributed by atoms with E-state index in [4.69, 9.17) is 0 Å². The molecule has 3 unspecified atom stereocenters. The fraction of sp³-hybridized carbons (Fsp3) is 0.867. The van der Waals surface area contributed by atoms with E-state index in [-0.39, 0.29) is 17.9 Å². The molecule has 0 spiro atoms. The van der Waals surface area contributed by atoms with Crippen molar-refractivity contribution in [2.45, 2.75) is 52.5 Å². The van der Waals surface area contributed by atoms with E-state index >= 15 is 0 Å². The van der Waals surface area contributed by atoms with Gasteiger partial charge in [-0.05, 0) is 38.6 Å². The zero-order valence-corrected chi connectivity index (χ0v) is 12.5. The van der Waals surface area contributed by atoms with Crippen molar-refractivity contribution in [3.63, 3.8) is 0 Å². The second kappa shape index (κ2) is 8.16. The third-order valence-electron chi connectivity index (χ3n) is 4.26. The molecule has 3 atom stereocenters. The molecule has 0 saturated heterocycles. The molecule has 4 nitrogen and oxygen atoms in total. The van der Waals surface area contributed by atoms with Gasteiger partial charge in [-0.3, -0.25) is 9.69 Å². The average molecular weight is 265 g/mol. The lowest BCUT2D eigenvalue weighted by atomic mass is 9.77. The summed E-state index contributed by atoms with van der Waals surface area (Å²) in [4.78, 5) is 13.9. The van der Waals surface area contributed by atoms with Crippen molar-refractivity contribution in [3.8, 4) is 6.07 Å². The lowest BCUT2D eigenvalue weighted by Crippen LogP contribution is -2.48. The highest BCUT2D eigenvalue weighted by atomic mass is 16.2. The highest BCUT2D eigenvalue weighted by molar-refractivity contribution is 5.77. The molecule has 0 aromatic rings. The first-order valence-corrected chi connectivity index (χ1v) is 7.56. The molecular weight excluding hydrogens is 238 g/mol. The van der Waals surface area contributed by atoms with Gasteiger partial charge >= 0.3 is 0 Å². The molecule has 0 heterocycles. The zero-order valence-electron chi connectivity index (χ0n) is 12.5. The van der Waals surface area contributed by atoms with E-state index in [0.29, 0.717) is 19.0 Å². The van der Waals surface area contributed by atoms with Gasteiger partial charge in [-0.2, -0.15) is 5.26 Å².